The first-order valence-corrected chi connectivity index (χ1v) is 7.08. The first-order valence-electron chi connectivity index (χ1n) is 6.26. The molecule has 1 amide bonds. The first-order chi connectivity index (χ1) is 9.61. The van der Waals surface area contributed by atoms with Crippen LogP contribution in [0.2, 0.25) is 0 Å². The molecule has 3 heterocycles. The van der Waals surface area contributed by atoms with E-state index < -0.39 is 5.97 Å². The van der Waals surface area contributed by atoms with E-state index in [0.29, 0.717) is 11.3 Å². The zero-order valence-corrected chi connectivity index (χ0v) is 11.2. The van der Waals surface area contributed by atoms with Gasteiger partial charge in [0.25, 0.3) is 5.91 Å². The summed E-state index contributed by atoms with van der Waals surface area (Å²) in [4.78, 5) is 29.0. The number of amides is 1. The predicted molar refractivity (Wildman–Crippen MR) is 72.9 cm³/mol. The van der Waals surface area contributed by atoms with Gasteiger partial charge in [0.1, 0.15) is 4.88 Å². The molecule has 2 N–H and O–H groups in total. The summed E-state index contributed by atoms with van der Waals surface area (Å²) in [6.07, 6.45) is 3.32. The van der Waals surface area contributed by atoms with Crippen LogP contribution in [-0.4, -0.2) is 22.0 Å². The fourth-order valence-corrected chi connectivity index (χ4v) is 3.85. The molecule has 1 fully saturated rings. The molecular weight excluding hydrogens is 276 g/mol. The molecule has 0 bridgehead atoms. The summed E-state index contributed by atoms with van der Waals surface area (Å²) in [6, 6.07) is 5.07. The topological polar surface area (TPSA) is 79.3 Å². The number of carbonyl (C=O) groups excluding carboxylic acids is 1. The van der Waals surface area contributed by atoms with Crippen LogP contribution in [0.25, 0.3) is 11.3 Å². The molecule has 2 aromatic heterocycles. The molecule has 1 aliphatic carbocycles. The van der Waals surface area contributed by atoms with Gasteiger partial charge < -0.3 is 10.4 Å². The lowest BCUT2D eigenvalue weighted by Gasteiger charge is -2.13. The fraction of sp³-hybridized carbons (Fsp3) is 0.214. The van der Waals surface area contributed by atoms with Gasteiger partial charge in [-0.3, -0.25) is 9.78 Å². The lowest BCUT2D eigenvalue weighted by atomic mass is 10.1. The Morgan fingerprint density at radius 3 is 2.90 bits per heavy atom. The molecule has 0 saturated heterocycles. The van der Waals surface area contributed by atoms with E-state index in [1.54, 1.807) is 24.4 Å². The summed E-state index contributed by atoms with van der Waals surface area (Å²) >= 11 is 1.24. The van der Waals surface area contributed by atoms with E-state index in [1.807, 2.05) is 0 Å². The second kappa shape index (κ2) is 3.67. The van der Waals surface area contributed by atoms with Gasteiger partial charge in [-0.1, -0.05) is 0 Å². The third kappa shape index (κ3) is 1.45. The number of nitrogens with zero attached hydrogens (tertiary/aromatic N) is 1. The number of thiophene rings is 1. The maximum absolute atomic E-state index is 12.3. The van der Waals surface area contributed by atoms with Crippen molar-refractivity contribution in [3.05, 3.63) is 39.7 Å². The Morgan fingerprint density at radius 2 is 2.20 bits per heavy atom. The third-order valence-electron chi connectivity index (χ3n) is 3.79. The maximum Gasteiger partial charge on any atom is 0.345 e. The van der Waals surface area contributed by atoms with Gasteiger partial charge in [-0.15, -0.1) is 11.3 Å². The molecule has 2 aliphatic rings. The lowest BCUT2D eigenvalue weighted by Crippen LogP contribution is -2.33. The Hall–Kier alpha value is -2.21. The van der Waals surface area contributed by atoms with Crippen molar-refractivity contribution in [2.24, 2.45) is 0 Å². The average molecular weight is 286 g/mol. The minimum atomic E-state index is -0.942. The highest BCUT2D eigenvalue weighted by molar-refractivity contribution is 7.14. The lowest BCUT2D eigenvalue weighted by molar-refractivity contribution is 0.0702. The highest BCUT2D eigenvalue weighted by Gasteiger charge is 2.51. The minimum Gasteiger partial charge on any atom is -0.477 e. The SMILES string of the molecule is O=C(O)c1cc2c(s1)C1(CC1)NC(=O)c1cccnc1-2. The second-order valence-electron chi connectivity index (χ2n) is 5.09. The van der Waals surface area contributed by atoms with Crippen LogP contribution in [0.5, 0.6) is 0 Å². The number of carboxylic acids is 1. The molecule has 1 saturated carbocycles. The van der Waals surface area contributed by atoms with Crippen molar-refractivity contribution in [1.29, 1.82) is 0 Å². The maximum atomic E-state index is 12.3. The zero-order chi connectivity index (χ0) is 13.9. The van der Waals surface area contributed by atoms with Crippen molar-refractivity contribution in [2.45, 2.75) is 18.4 Å². The van der Waals surface area contributed by atoms with Crippen LogP contribution >= 0.6 is 11.3 Å². The molecule has 0 radical (unpaired) electrons. The van der Waals surface area contributed by atoms with Crippen molar-refractivity contribution in [1.82, 2.24) is 10.3 Å². The zero-order valence-electron chi connectivity index (χ0n) is 10.3. The summed E-state index contributed by atoms with van der Waals surface area (Å²) in [5.74, 6) is -1.08. The molecule has 5 nitrogen and oxygen atoms in total. The molecule has 4 rings (SSSR count). The van der Waals surface area contributed by atoms with E-state index >= 15 is 0 Å². The van der Waals surface area contributed by atoms with E-state index in [4.69, 9.17) is 0 Å². The molecule has 0 aromatic carbocycles. The number of hydrogen-bond donors (Lipinski definition) is 2. The number of fused-ring (bicyclic) bond motifs is 4. The van der Waals surface area contributed by atoms with E-state index in [2.05, 4.69) is 10.3 Å². The third-order valence-corrected chi connectivity index (χ3v) is 5.11. The number of aromatic carboxylic acids is 1. The number of rotatable bonds is 1. The highest BCUT2D eigenvalue weighted by atomic mass is 32.1. The van der Waals surface area contributed by atoms with Crippen molar-refractivity contribution in [2.75, 3.05) is 0 Å². The monoisotopic (exact) mass is 286 g/mol. The normalized spacial score (nSPS) is 17.9. The molecule has 20 heavy (non-hydrogen) atoms. The molecule has 6 heteroatoms. The van der Waals surface area contributed by atoms with E-state index in [9.17, 15) is 14.7 Å². The summed E-state index contributed by atoms with van der Waals surface area (Å²) < 4.78 is 0. The van der Waals surface area contributed by atoms with Crippen LogP contribution in [0.15, 0.2) is 24.4 Å². The quantitative estimate of drug-likeness (QED) is 0.842. The van der Waals surface area contributed by atoms with Crippen molar-refractivity contribution < 1.29 is 14.7 Å². The Bertz CT molecular complexity index is 762. The van der Waals surface area contributed by atoms with Crippen molar-refractivity contribution >= 4 is 23.2 Å². The number of hydrogen-bond acceptors (Lipinski definition) is 4. The predicted octanol–water partition coefficient (Wildman–Crippen LogP) is 2.24. The van der Waals surface area contributed by atoms with Gasteiger partial charge in [-0.05, 0) is 31.0 Å². The fourth-order valence-electron chi connectivity index (χ4n) is 2.65. The molecule has 1 aliphatic heterocycles. The van der Waals surface area contributed by atoms with Gasteiger partial charge in [-0.25, -0.2) is 4.79 Å². The first kappa shape index (κ1) is 11.6. The summed E-state index contributed by atoms with van der Waals surface area (Å²) in [6.45, 7) is 0. The van der Waals surface area contributed by atoms with Gasteiger partial charge in [0.15, 0.2) is 0 Å². The minimum absolute atomic E-state index is 0.133. The number of aromatic nitrogens is 1. The summed E-state index contributed by atoms with van der Waals surface area (Å²) in [5.41, 5.74) is 1.48. The molecule has 0 atom stereocenters. The van der Waals surface area contributed by atoms with Gasteiger partial charge in [-0.2, -0.15) is 0 Å². The average Bonchev–Trinajstić information content (AvgIpc) is 3.08. The van der Waals surface area contributed by atoms with E-state index in [0.717, 1.165) is 23.3 Å². The standard InChI is InChI=1S/C14H10N2O3S/c17-12-7-2-1-5-15-10(7)8-6-9(13(18)19)20-11(8)14(16-12)3-4-14/h1-2,5-6H,3-4H2,(H,16,17)(H,18,19). The van der Waals surface area contributed by atoms with Crippen LogP contribution in [0.3, 0.4) is 0 Å². The Labute approximate surface area is 118 Å². The van der Waals surface area contributed by atoms with Crippen LogP contribution < -0.4 is 5.32 Å². The number of pyridine rings is 1. The van der Waals surface area contributed by atoms with Crippen molar-refractivity contribution in [3.63, 3.8) is 0 Å². The Kier molecular flexibility index (Phi) is 2.13. The number of nitrogens with one attached hydrogen (secondary N) is 1. The smallest absolute Gasteiger partial charge is 0.345 e. The van der Waals surface area contributed by atoms with Gasteiger partial charge >= 0.3 is 5.97 Å². The molecule has 1 spiro atoms. The molecule has 100 valence electrons. The number of carboxylic acid groups (broad SMARTS) is 1. The highest BCUT2D eigenvalue weighted by Crippen LogP contribution is 2.53. The second-order valence-corrected chi connectivity index (χ2v) is 6.15. The van der Waals surface area contributed by atoms with Gasteiger partial charge in [0, 0.05) is 16.6 Å². The van der Waals surface area contributed by atoms with Gasteiger partial charge in [0.05, 0.1) is 16.8 Å². The number of carbonyl (C=O) groups is 2. The van der Waals surface area contributed by atoms with Crippen LogP contribution in [0.1, 0.15) is 37.7 Å². The molecular formula is C14H10N2O3S. The van der Waals surface area contributed by atoms with Crippen LogP contribution in [-0.2, 0) is 5.54 Å². The van der Waals surface area contributed by atoms with Crippen LogP contribution in [0.4, 0.5) is 0 Å². The molecule has 2 aromatic rings. The van der Waals surface area contributed by atoms with E-state index in [-0.39, 0.29) is 16.3 Å². The summed E-state index contributed by atoms with van der Waals surface area (Å²) in [5, 5.41) is 12.2. The Morgan fingerprint density at radius 1 is 1.40 bits per heavy atom. The van der Waals surface area contributed by atoms with Crippen LogP contribution in [0, 0.1) is 0 Å². The van der Waals surface area contributed by atoms with Gasteiger partial charge in [0.2, 0.25) is 0 Å². The largest absolute Gasteiger partial charge is 0.477 e. The Balaban J connectivity index is 2.03. The van der Waals surface area contributed by atoms with Crippen molar-refractivity contribution in [3.8, 4) is 11.3 Å². The summed E-state index contributed by atoms with van der Waals surface area (Å²) in [7, 11) is 0. The molecule has 0 unspecified atom stereocenters. The van der Waals surface area contributed by atoms with E-state index in [1.165, 1.54) is 11.3 Å².